The predicted octanol–water partition coefficient (Wildman–Crippen LogP) is 10.6. The number of rotatable bonds is 34. The van der Waals surface area contributed by atoms with Gasteiger partial charge in [0.2, 0.25) is 0 Å². The second-order valence-electron chi connectivity index (χ2n) is 14.0. The summed E-state index contributed by atoms with van der Waals surface area (Å²) in [6, 6.07) is 0. The number of nitrogens with zero attached hydrogens (tertiary/aromatic N) is 1. The van der Waals surface area contributed by atoms with E-state index in [1.165, 1.54) is 223 Å². The van der Waals surface area contributed by atoms with Gasteiger partial charge in [-0.1, -0.05) is 194 Å². The van der Waals surface area contributed by atoms with Gasteiger partial charge in [0, 0.05) is 17.1 Å². The maximum absolute atomic E-state index is 2.47. The first kappa shape index (κ1) is 46.2. The van der Waals surface area contributed by atoms with Crippen molar-refractivity contribution in [2.75, 3.05) is 27.2 Å². The zero-order valence-electron chi connectivity index (χ0n) is 29.2. The van der Waals surface area contributed by atoms with Crippen molar-refractivity contribution in [1.82, 2.24) is 0 Å². The zero-order valence-corrected chi connectivity index (χ0v) is 31.1. The van der Waals surface area contributed by atoms with Gasteiger partial charge in [-0.2, -0.15) is 0 Å². The molecule has 0 aromatic carbocycles. The van der Waals surface area contributed by atoms with Gasteiger partial charge in [-0.05, 0) is 25.7 Å². The van der Waals surface area contributed by atoms with Crippen LogP contribution in [0.15, 0.2) is 0 Å². The Balaban J connectivity index is -0.00000722. The van der Waals surface area contributed by atoms with Crippen molar-refractivity contribution in [2.24, 2.45) is 0 Å². The smallest absolute Gasteiger partial charge is 0.0782 e. The Morgan fingerprint density at radius 1 is 0.268 bits per heavy atom. The third-order valence-corrected chi connectivity index (χ3v) is 9.23. The molecule has 0 saturated heterocycles. The molecule has 0 fully saturated rings. The first-order valence-corrected chi connectivity index (χ1v) is 18.9. The van der Waals surface area contributed by atoms with Gasteiger partial charge in [0.05, 0.1) is 27.2 Å². The van der Waals surface area contributed by atoms with Crippen LogP contribution >= 0.6 is 0 Å². The van der Waals surface area contributed by atoms with Crippen molar-refractivity contribution in [3.8, 4) is 0 Å². The molecule has 41 heavy (non-hydrogen) atoms. The minimum atomic E-state index is 0. The normalized spacial score (nSPS) is 11.4. The van der Waals surface area contributed by atoms with E-state index < -0.39 is 0 Å². The van der Waals surface area contributed by atoms with Crippen LogP contribution < -0.4 is 12.4 Å². The Bertz CT molecular complexity index is 404. The summed E-state index contributed by atoms with van der Waals surface area (Å²) in [5, 5.41) is 0. The molecule has 0 heterocycles. The fourth-order valence-corrected chi connectivity index (χ4v) is 6.29. The van der Waals surface area contributed by atoms with Crippen molar-refractivity contribution in [3.63, 3.8) is 0 Å². The van der Waals surface area contributed by atoms with E-state index in [9.17, 15) is 0 Å². The molecule has 0 spiro atoms. The Hall–Kier alpha value is 0.769. The second-order valence-corrected chi connectivity index (χ2v) is 14.0. The summed E-state index contributed by atoms with van der Waals surface area (Å²) in [6.07, 6.45) is 46.9. The fraction of sp³-hybridized carbons (Fsp3) is 1.00. The van der Waals surface area contributed by atoms with E-state index in [2.05, 4.69) is 27.9 Å². The molecule has 0 saturated carbocycles. The number of quaternary nitrogens is 1. The molecule has 0 aromatic heterocycles. The molecule has 1 nitrogen and oxygen atoms in total. The van der Waals surface area contributed by atoms with Gasteiger partial charge in [0.15, 0.2) is 0 Å². The molecular formula is C38H80ClFeN. The molecule has 0 aromatic rings. The quantitative estimate of drug-likeness (QED) is 0.0372. The summed E-state index contributed by atoms with van der Waals surface area (Å²) in [7, 11) is 4.94. The molecule has 252 valence electrons. The Morgan fingerprint density at radius 3 is 0.585 bits per heavy atom. The SMILES string of the molecule is CCCCCCCCCCCCCCCCCC[N+](C)(C)CCCCCCCCCCCCCCCCCC.[Cl-].[Fe]. The van der Waals surface area contributed by atoms with Crippen LogP contribution in [0.25, 0.3) is 0 Å². The van der Waals surface area contributed by atoms with E-state index in [0.29, 0.717) is 0 Å². The van der Waals surface area contributed by atoms with E-state index in [0.717, 1.165) is 0 Å². The molecule has 0 rings (SSSR count). The first-order valence-electron chi connectivity index (χ1n) is 18.9. The van der Waals surface area contributed by atoms with Crippen LogP contribution in [0.1, 0.15) is 219 Å². The molecule has 0 radical (unpaired) electrons. The predicted molar refractivity (Wildman–Crippen MR) is 181 cm³/mol. The summed E-state index contributed by atoms with van der Waals surface area (Å²) < 4.78 is 1.25. The second kappa shape index (κ2) is 38.8. The average Bonchev–Trinajstić information content (AvgIpc) is 2.92. The molecule has 0 N–H and O–H groups in total. The molecule has 3 heteroatoms. The molecule has 0 bridgehead atoms. The van der Waals surface area contributed by atoms with E-state index in [1.54, 1.807) is 0 Å². The monoisotopic (exact) mass is 642 g/mol. The van der Waals surface area contributed by atoms with Crippen molar-refractivity contribution in [3.05, 3.63) is 0 Å². The van der Waals surface area contributed by atoms with Crippen molar-refractivity contribution < 1.29 is 34.0 Å². The number of hydrogen-bond acceptors (Lipinski definition) is 0. The van der Waals surface area contributed by atoms with Crippen molar-refractivity contribution in [1.29, 1.82) is 0 Å². The largest absolute Gasteiger partial charge is 1.00 e. The number of halogens is 1. The first-order chi connectivity index (χ1) is 19.1. The van der Waals surface area contributed by atoms with Crippen LogP contribution in [0.3, 0.4) is 0 Å². The van der Waals surface area contributed by atoms with E-state index in [-0.39, 0.29) is 29.5 Å². The minimum Gasteiger partial charge on any atom is -1.00 e. The van der Waals surface area contributed by atoms with Crippen LogP contribution in [0.4, 0.5) is 0 Å². The maximum atomic E-state index is 2.47. The molecule has 0 aliphatic carbocycles. The summed E-state index contributed by atoms with van der Waals surface area (Å²) >= 11 is 0. The third-order valence-electron chi connectivity index (χ3n) is 9.23. The van der Waals surface area contributed by atoms with Gasteiger partial charge in [-0.15, -0.1) is 0 Å². The minimum absolute atomic E-state index is 0. The molecule has 0 aliphatic rings. The van der Waals surface area contributed by atoms with Gasteiger partial charge >= 0.3 is 0 Å². The Kier molecular flexibility index (Phi) is 43.7. The van der Waals surface area contributed by atoms with Gasteiger partial charge in [-0.3, -0.25) is 0 Å². The van der Waals surface area contributed by atoms with Crippen molar-refractivity contribution >= 4 is 0 Å². The van der Waals surface area contributed by atoms with E-state index in [1.807, 2.05) is 0 Å². The topological polar surface area (TPSA) is 0 Å². The molecule has 0 amide bonds. The Morgan fingerprint density at radius 2 is 0.415 bits per heavy atom. The summed E-state index contributed by atoms with van der Waals surface area (Å²) in [5.41, 5.74) is 0. The van der Waals surface area contributed by atoms with Crippen LogP contribution in [-0.4, -0.2) is 31.7 Å². The van der Waals surface area contributed by atoms with Crippen LogP contribution in [0, 0.1) is 0 Å². The molecule has 0 atom stereocenters. The number of unbranched alkanes of at least 4 members (excludes halogenated alkanes) is 30. The van der Waals surface area contributed by atoms with Gasteiger partial charge < -0.3 is 16.9 Å². The van der Waals surface area contributed by atoms with Crippen molar-refractivity contribution in [2.45, 2.75) is 219 Å². The standard InChI is InChI=1S/C38H80N.ClH.Fe/c1-5-7-9-11-13-15-17-19-21-23-25-27-29-31-33-35-37-39(3,4)38-36-34-32-30-28-26-24-22-20-18-16-14-12-10-8-6-2;;/h5-38H2,1-4H3;1H;/q+1;;/p-1. The molecule has 0 aliphatic heterocycles. The van der Waals surface area contributed by atoms with Gasteiger partial charge in [0.1, 0.15) is 0 Å². The summed E-state index contributed by atoms with van der Waals surface area (Å²) in [5.74, 6) is 0. The Labute approximate surface area is 279 Å². The summed E-state index contributed by atoms with van der Waals surface area (Å²) in [6.45, 7) is 7.39. The average molecular weight is 642 g/mol. The number of hydrogen-bond donors (Lipinski definition) is 0. The molecular weight excluding hydrogens is 562 g/mol. The maximum Gasteiger partial charge on any atom is 0.0782 e. The van der Waals surface area contributed by atoms with Crippen LogP contribution in [-0.2, 0) is 17.1 Å². The van der Waals surface area contributed by atoms with Crippen LogP contribution in [0.5, 0.6) is 0 Å². The summed E-state index contributed by atoms with van der Waals surface area (Å²) in [4.78, 5) is 0. The third kappa shape index (κ3) is 40.8. The van der Waals surface area contributed by atoms with E-state index in [4.69, 9.17) is 0 Å². The molecule has 0 unspecified atom stereocenters. The zero-order chi connectivity index (χ0) is 28.5. The van der Waals surface area contributed by atoms with Gasteiger partial charge in [0.25, 0.3) is 0 Å². The van der Waals surface area contributed by atoms with Crippen LogP contribution in [0.2, 0.25) is 0 Å². The van der Waals surface area contributed by atoms with E-state index >= 15 is 0 Å². The fourth-order valence-electron chi connectivity index (χ4n) is 6.29. The van der Waals surface area contributed by atoms with Gasteiger partial charge in [-0.25, -0.2) is 0 Å².